The molecule has 2 aliphatic heterocycles. The SMILES string of the molecule is C[C@@]12CCC(=O)N1[C@H](C(=O)OCc1nnc(-c3ccccc3)o1)CS2. The van der Waals surface area contributed by atoms with Gasteiger partial charge in [0.15, 0.2) is 6.61 Å². The molecule has 3 heterocycles. The molecule has 130 valence electrons. The minimum absolute atomic E-state index is 0.0126. The number of hydrogen-bond acceptors (Lipinski definition) is 7. The Kier molecular flexibility index (Phi) is 3.99. The Morgan fingerprint density at radius 3 is 3.00 bits per heavy atom. The van der Waals surface area contributed by atoms with Crippen molar-refractivity contribution < 1.29 is 18.7 Å². The van der Waals surface area contributed by atoms with Crippen LogP contribution in [-0.2, 0) is 20.9 Å². The zero-order valence-electron chi connectivity index (χ0n) is 13.7. The molecular weight excluding hydrogens is 342 g/mol. The average Bonchev–Trinajstić information content (AvgIpc) is 3.30. The summed E-state index contributed by atoms with van der Waals surface area (Å²) >= 11 is 1.63. The third kappa shape index (κ3) is 2.90. The van der Waals surface area contributed by atoms with Crippen LogP contribution < -0.4 is 0 Å². The van der Waals surface area contributed by atoms with Gasteiger partial charge in [0.25, 0.3) is 5.89 Å². The van der Waals surface area contributed by atoms with Crippen molar-refractivity contribution in [3.05, 3.63) is 36.2 Å². The van der Waals surface area contributed by atoms with Gasteiger partial charge < -0.3 is 14.1 Å². The van der Waals surface area contributed by atoms with Crippen molar-refractivity contribution in [2.45, 2.75) is 37.3 Å². The van der Waals surface area contributed by atoms with Crippen LogP contribution in [0.5, 0.6) is 0 Å². The van der Waals surface area contributed by atoms with Crippen LogP contribution in [0.25, 0.3) is 11.5 Å². The van der Waals surface area contributed by atoms with Crippen LogP contribution >= 0.6 is 11.8 Å². The molecule has 0 bridgehead atoms. The molecular formula is C17H17N3O4S. The van der Waals surface area contributed by atoms with Crippen LogP contribution in [0.2, 0.25) is 0 Å². The smallest absolute Gasteiger partial charge is 0.330 e. The summed E-state index contributed by atoms with van der Waals surface area (Å²) in [4.78, 5) is 25.9. The van der Waals surface area contributed by atoms with E-state index in [4.69, 9.17) is 9.15 Å². The first kappa shape index (κ1) is 16.1. The molecule has 1 amide bonds. The zero-order valence-corrected chi connectivity index (χ0v) is 14.5. The first-order valence-corrected chi connectivity index (χ1v) is 9.06. The summed E-state index contributed by atoms with van der Waals surface area (Å²) < 4.78 is 10.8. The lowest BCUT2D eigenvalue weighted by molar-refractivity contribution is -0.155. The maximum Gasteiger partial charge on any atom is 0.330 e. The van der Waals surface area contributed by atoms with Crippen molar-refractivity contribution in [1.29, 1.82) is 0 Å². The number of carbonyl (C=O) groups is 2. The maximum atomic E-state index is 12.4. The molecule has 0 aliphatic carbocycles. The van der Waals surface area contributed by atoms with Gasteiger partial charge in [-0.2, -0.15) is 0 Å². The van der Waals surface area contributed by atoms with E-state index in [1.165, 1.54) is 0 Å². The van der Waals surface area contributed by atoms with Gasteiger partial charge in [-0.15, -0.1) is 22.0 Å². The number of thioether (sulfide) groups is 1. The number of ether oxygens (including phenoxy) is 1. The minimum atomic E-state index is -0.540. The number of aromatic nitrogens is 2. The second-order valence-corrected chi connectivity index (χ2v) is 7.74. The fraction of sp³-hybridized carbons (Fsp3) is 0.412. The van der Waals surface area contributed by atoms with E-state index in [1.54, 1.807) is 16.7 Å². The normalized spacial score (nSPS) is 25.2. The summed E-state index contributed by atoms with van der Waals surface area (Å²) in [5.41, 5.74) is 0.804. The quantitative estimate of drug-likeness (QED) is 0.774. The van der Waals surface area contributed by atoms with Crippen LogP contribution in [0.1, 0.15) is 25.7 Å². The molecule has 2 atom stereocenters. The topological polar surface area (TPSA) is 85.5 Å². The molecule has 0 saturated carbocycles. The van der Waals surface area contributed by atoms with Gasteiger partial charge in [0.05, 0.1) is 4.87 Å². The Hall–Kier alpha value is -2.35. The molecule has 2 fully saturated rings. The Bertz CT molecular complexity index is 809. The number of esters is 1. The van der Waals surface area contributed by atoms with E-state index in [2.05, 4.69) is 10.2 Å². The third-order valence-corrected chi connectivity index (χ3v) is 6.05. The predicted octanol–water partition coefficient (Wildman–Crippen LogP) is 2.23. The second kappa shape index (κ2) is 6.18. The lowest BCUT2D eigenvalue weighted by Crippen LogP contribution is -2.46. The fourth-order valence-corrected chi connectivity index (χ4v) is 4.65. The predicted molar refractivity (Wildman–Crippen MR) is 90.3 cm³/mol. The highest BCUT2D eigenvalue weighted by molar-refractivity contribution is 8.01. The van der Waals surface area contributed by atoms with E-state index in [0.29, 0.717) is 18.1 Å². The summed E-state index contributed by atoms with van der Waals surface area (Å²) in [6.07, 6.45) is 1.25. The Morgan fingerprint density at radius 1 is 1.40 bits per heavy atom. The molecule has 0 unspecified atom stereocenters. The molecule has 1 aromatic heterocycles. The molecule has 1 aromatic carbocycles. The number of rotatable bonds is 4. The first-order chi connectivity index (χ1) is 12.1. The van der Waals surface area contributed by atoms with Gasteiger partial charge in [-0.1, -0.05) is 18.2 Å². The van der Waals surface area contributed by atoms with Gasteiger partial charge >= 0.3 is 5.97 Å². The summed E-state index contributed by atoms with van der Waals surface area (Å²) in [5.74, 6) is 0.753. The van der Waals surface area contributed by atoms with E-state index in [1.807, 2.05) is 37.3 Å². The molecule has 0 N–H and O–H groups in total. The van der Waals surface area contributed by atoms with Crippen molar-refractivity contribution in [1.82, 2.24) is 15.1 Å². The van der Waals surface area contributed by atoms with Crippen molar-refractivity contribution in [2.75, 3.05) is 5.75 Å². The Balaban J connectivity index is 1.40. The first-order valence-electron chi connectivity index (χ1n) is 8.07. The highest BCUT2D eigenvalue weighted by Gasteiger charge is 2.53. The molecule has 25 heavy (non-hydrogen) atoms. The van der Waals surface area contributed by atoms with Crippen LogP contribution in [-0.4, -0.2) is 43.6 Å². The van der Waals surface area contributed by atoms with Gasteiger partial charge in [0.1, 0.15) is 6.04 Å². The molecule has 2 aromatic rings. The molecule has 7 nitrogen and oxygen atoms in total. The average molecular weight is 359 g/mol. The summed E-state index contributed by atoms with van der Waals surface area (Å²) in [5, 5.41) is 7.87. The molecule has 0 radical (unpaired) electrons. The van der Waals surface area contributed by atoms with E-state index in [-0.39, 0.29) is 23.3 Å². The van der Waals surface area contributed by atoms with Crippen LogP contribution in [0.4, 0.5) is 0 Å². The van der Waals surface area contributed by atoms with Crippen LogP contribution in [0.15, 0.2) is 34.7 Å². The largest absolute Gasteiger partial charge is 0.454 e. The number of benzene rings is 1. The highest BCUT2D eigenvalue weighted by atomic mass is 32.2. The lowest BCUT2D eigenvalue weighted by Gasteiger charge is -2.29. The monoisotopic (exact) mass is 359 g/mol. The molecule has 0 spiro atoms. The highest BCUT2D eigenvalue weighted by Crippen LogP contribution is 2.47. The van der Waals surface area contributed by atoms with E-state index < -0.39 is 12.0 Å². The Labute approximate surface area is 148 Å². The molecule has 8 heteroatoms. The number of fused-ring (bicyclic) bond motifs is 1. The summed E-state index contributed by atoms with van der Waals surface area (Å²) in [6, 6.07) is 8.83. The summed E-state index contributed by atoms with van der Waals surface area (Å²) in [6.45, 7) is 1.90. The van der Waals surface area contributed by atoms with Crippen molar-refractivity contribution >= 4 is 23.6 Å². The van der Waals surface area contributed by atoms with E-state index in [9.17, 15) is 9.59 Å². The van der Waals surface area contributed by atoms with Gasteiger partial charge in [-0.05, 0) is 25.5 Å². The van der Waals surface area contributed by atoms with Gasteiger partial charge in [-0.3, -0.25) is 4.79 Å². The number of nitrogens with zero attached hydrogens (tertiary/aromatic N) is 3. The van der Waals surface area contributed by atoms with Crippen LogP contribution in [0.3, 0.4) is 0 Å². The van der Waals surface area contributed by atoms with Gasteiger partial charge in [0.2, 0.25) is 11.8 Å². The van der Waals surface area contributed by atoms with Crippen molar-refractivity contribution in [2.24, 2.45) is 0 Å². The summed E-state index contributed by atoms with van der Waals surface area (Å²) in [7, 11) is 0. The molecule has 4 rings (SSSR count). The molecule has 2 aliphatic rings. The number of amides is 1. The number of hydrogen-bond donors (Lipinski definition) is 0. The lowest BCUT2D eigenvalue weighted by atomic mass is 10.2. The zero-order chi connectivity index (χ0) is 17.4. The van der Waals surface area contributed by atoms with E-state index >= 15 is 0 Å². The standard InChI is InChI=1S/C17H17N3O4S/c1-17-8-7-14(21)20(17)12(10-25-17)16(22)23-9-13-18-19-15(24-13)11-5-3-2-4-6-11/h2-6,12H,7-10H2,1H3/t12-,17+/m0/s1. The maximum absolute atomic E-state index is 12.4. The third-order valence-electron chi connectivity index (χ3n) is 4.54. The fourth-order valence-electron chi connectivity index (χ4n) is 3.23. The van der Waals surface area contributed by atoms with Gasteiger partial charge in [0, 0.05) is 17.7 Å². The number of carbonyl (C=O) groups excluding carboxylic acids is 2. The molecule has 2 saturated heterocycles. The van der Waals surface area contributed by atoms with Crippen LogP contribution in [0, 0.1) is 0 Å². The van der Waals surface area contributed by atoms with Crippen molar-refractivity contribution in [3.8, 4) is 11.5 Å². The Morgan fingerprint density at radius 2 is 2.20 bits per heavy atom. The van der Waals surface area contributed by atoms with E-state index in [0.717, 1.165) is 12.0 Å². The minimum Gasteiger partial charge on any atom is -0.454 e. The van der Waals surface area contributed by atoms with Gasteiger partial charge in [-0.25, -0.2) is 4.79 Å². The second-order valence-electron chi connectivity index (χ2n) is 6.24. The van der Waals surface area contributed by atoms with Crippen molar-refractivity contribution in [3.63, 3.8) is 0 Å².